The van der Waals surface area contributed by atoms with Crippen molar-refractivity contribution in [1.29, 1.82) is 0 Å². The van der Waals surface area contributed by atoms with Gasteiger partial charge in [-0.05, 0) is 35.7 Å². The minimum absolute atomic E-state index is 0.102. The van der Waals surface area contributed by atoms with Crippen molar-refractivity contribution in [2.24, 2.45) is 0 Å². The van der Waals surface area contributed by atoms with Crippen LogP contribution in [0, 0.1) is 0 Å². The molecular weight excluding hydrogens is 380 g/mol. The molecule has 0 unspecified atom stereocenters. The summed E-state index contributed by atoms with van der Waals surface area (Å²) >= 11 is 0. The van der Waals surface area contributed by atoms with E-state index in [0.717, 1.165) is 5.39 Å². The Balaban J connectivity index is 1.75. The van der Waals surface area contributed by atoms with Gasteiger partial charge in [0.25, 0.3) is 0 Å². The Bertz CT molecular complexity index is 1270. The highest BCUT2D eigenvalue weighted by molar-refractivity contribution is 6.01. The third-order valence-electron chi connectivity index (χ3n) is 4.60. The highest BCUT2D eigenvalue weighted by Crippen LogP contribution is 2.37. The fourth-order valence-corrected chi connectivity index (χ4v) is 3.08. The summed E-state index contributed by atoms with van der Waals surface area (Å²) in [6.45, 7) is 0. The Hall–Kier alpha value is -4.32. The molecule has 0 saturated carbocycles. The number of fused-ring (bicyclic) bond motifs is 1. The molecule has 148 valence electrons. The van der Waals surface area contributed by atoms with Crippen LogP contribution in [0.25, 0.3) is 10.8 Å². The average molecular weight is 398 g/mol. The lowest BCUT2D eigenvalue weighted by atomic mass is 10.1. The fraction of sp³-hybridized carbons (Fsp3) is 0. The Morgan fingerprint density at radius 2 is 1.13 bits per heavy atom. The van der Waals surface area contributed by atoms with Gasteiger partial charge in [-0.25, -0.2) is 9.59 Å². The molecular formula is C24H18N2O4. The maximum absolute atomic E-state index is 12.8. The molecule has 4 rings (SSSR count). The van der Waals surface area contributed by atoms with Crippen molar-refractivity contribution in [3.05, 3.63) is 96.1 Å². The summed E-state index contributed by atoms with van der Waals surface area (Å²) in [6.07, 6.45) is 0. The summed E-state index contributed by atoms with van der Waals surface area (Å²) in [4.78, 5) is 25.4. The van der Waals surface area contributed by atoms with Crippen LogP contribution in [0.2, 0.25) is 0 Å². The van der Waals surface area contributed by atoms with E-state index in [-0.39, 0.29) is 22.6 Å². The van der Waals surface area contributed by atoms with Crippen LogP contribution in [-0.2, 0) is 0 Å². The number of anilines is 2. The number of nitrogens with two attached hydrogens (primary N) is 2. The van der Waals surface area contributed by atoms with Crippen molar-refractivity contribution >= 4 is 34.1 Å². The Morgan fingerprint density at radius 1 is 0.600 bits per heavy atom. The molecule has 30 heavy (non-hydrogen) atoms. The molecule has 0 spiro atoms. The maximum Gasteiger partial charge on any atom is 0.345 e. The molecule has 4 aromatic rings. The molecule has 0 aliphatic carbocycles. The summed E-state index contributed by atoms with van der Waals surface area (Å²) < 4.78 is 11.2. The highest BCUT2D eigenvalue weighted by Gasteiger charge is 2.20. The predicted molar refractivity (Wildman–Crippen MR) is 116 cm³/mol. The average Bonchev–Trinajstić information content (AvgIpc) is 2.75. The van der Waals surface area contributed by atoms with E-state index >= 15 is 0 Å². The van der Waals surface area contributed by atoms with Crippen molar-refractivity contribution in [2.45, 2.75) is 0 Å². The SMILES string of the molecule is Nc1ccccc1C(=O)Oc1ccc2ccccc2c1OC(=O)c1ccccc1N. The first-order chi connectivity index (χ1) is 14.5. The molecule has 4 N–H and O–H groups in total. The fourth-order valence-electron chi connectivity index (χ4n) is 3.08. The Labute approximate surface area is 172 Å². The molecule has 0 radical (unpaired) electrons. The predicted octanol–water partition coefficient (Wildman–Crippen LogP) is 4.44. The quantitative estimate of drug-likeness (QED) is 0.299. The number of carbonyl (C=O) groups excluding carboxylic acids is 2. The lowest BCUT2D eigenvalue weighted by Crippen LogP contribution is -2.15. The van der Waals surface area contributed by atoms with E-state index in [1.54, 1.807) is 72.8 Å². The zero-order valence-corrected chi connectivity index (χ0v) is 15.9. The van der Waals surface area contributed by atoms with Gasteiger partial charge in [-0.15, -0.1) is 0 Å². The van der Waals surface area contributed by atoms with Crippen LogP contribution in [-0.4, -0.2) is 11.9 Å². The van der Waals surface area contributed by atoms with Crippen molar-refractivity contribution in [2.75, 3.05) is 11.5 Å². The first-order valence-electron chi connectivity index (χ1n) is 9.19. The van der Waals surface area contributed by atoms with Crippen LogP contribution in [0.4, 0.5) is 11.4 Å². The van der Waals surface area contributed by atoms with Crippen molar-refractivity contribution in [3.63, 3.8) is 0 Å². The van der Waals surface area contributed by atoms with E-state index in [1.807, 2.05) is 12.1 Å². The number of esters is 2. The second-order valence-electron chi connectivity index (χ2n) is 6.57. The van der Waals surface area contributed by atoms with Crippen molar-refractivity contribution in [1.82, 2.24) is 0 Å². The molecule has 0 saturated heterocycles. The molecule has 0 aliphatic heterocycles. The molecule has 0 aliphatic rings. The summed E-state index contributed by atoms with van der Waals surface area (Å²) in [5.41, 5.74) is 12.8. The Kier molecular flexibility index (Phi) is 5.05. The van der Waals surface area contributed by atoms with Gasteiger partial charge in [0.15, 0.2) is 11.5 Å². The van der Waals surface area contributed by atoms with Gasteiger partial charge in [-0.2, -0.15) is 0 Å². The van der Waals surface area contributed by atoms with Crippen LogP contribution >= 0.6 is 0 Å². The number of hydrogen-bond donors (Lipinski definition) is 2. The third kappa shape index (κ3) is 3.66. The van der Waals surface area contributed by atoms with Crippen LogP contribution in [0.15, 0.2) is 84.9 Å². The van der Waals surface area contributed by atoms with Crippen LogP contribution in [0.5, 0.6) is 11.5 Å². The summed E-state index contributed by atoms with van der Waals surface area (Å²) in [5.74, 6) is -1.07. The maximum atomic E-state index is 12.8. The lowest BCUT2D eigenvalue weighted by molar-refractivity contribution is 0.0685. The number of ether oxygens (including phenoxy) is 2. The van der Waals surface area contributed by atoms with Gasteiger partial charge < -0.3 is 20.9 Å². The molecule has 0 heterocycles. The first-order valence-corrected chi connectivity index (χ1v) is 9.19. The van der Waals surface area contributed by atoms with Crippen LogP contribution in [0.1, 0.15) is 20.7 Å². The van der Waals surface area contributed by atoms with Crippen molar-refractivity contribution in [3.8, 4) is 11.5 Å². The molecule has 0 fully saturated rings. The van der Waals surface area contributed by atoms with E-state index in [2.05, 4.69) is 0 Å². The summed E-state index contributed by atoms with van der Waals surface area (Å²) in [6, 6.07) is 23.8. The van der Waals surface area contributed by atoms with Gasteiger partial charge in [-0.3, -0.25) is 0 Å². The van der Waals surface area contributed by atoms with Gasteiger partial charge in [0.1, 0.15) is 0 Å². The van der Waals surface area contributed by atoms with Crippen LogP contribution in [0.3, 0.4) is 0 Å². The molecule has 0 atom stereocenters. The Morgan fingerprint density at radius 3 is 1.77 bits per heavy atom. The van der Waals surface area contributed by atoms with E-state index in [4.69, 9.17) is 20.9 Å². The van der Waals surface area contributed by atoms with Crippen molar-refractivity contribution < 1.29 is 19.1 Å². The zero-order chi connectivity index (χ0) is 21.1. The minimum atomic E-state index is -0.653. The molecule has 0 bridgehead atoms. The number of rotatable bonds is 4. The third-order valence-corrected chi connectivity index (χ3v) is 4.60. The van der Waals surface area contributed by atoms with Gasteiger partial charge in [-0.1, -0.05) is 54.6 Å². The number of nitrogen functional groups attached to an aromatic ring is 2. The molecule has 0 aromatic heterocycles. The topological polar surface area (TPSA) is 105 Å². The van der Waals surface area contributed by atoms with Gasteiger partial charge in [0.2, 0.25) is 0 Å². The summed E-state index contributed by atoms with van der Waals surface area (Å²) in [7, 11) is 0. The number of benzene rings is 4. The van der Waals surface area contributed by atoms with Gasteiger partial charge in [0, 0.05) is 16.8 Å². The normalized spacial score (nSPS) is 10.5. The monoisotopic (exact) mass is 398 g/mol. The molecule has 0 amide bonds. The van der Waals surface area contributed by atoms with E-state index in [1.165, 1.54) is 0 Å². The molecule has 6 nitrogen and oxygen atoms in total. The van der Waals surface area contributed by atoms with Gasteiger partial charge in [0.05, 0.1) is 11.1 Å². The van der Waals surface area contributed by atoms with Gasteiger partial charge >= 0.3 is 11.9 Å². The minimum Gasteiger partial charge on any atom is -0.419 e. The molecule has 4 aromatic carbocycles. The highest BCUT2D eigenvalue weighted by atomic mass is 16.6. The number of carbonyl (C=O) groups is 2. The largest absolute Gasteiger partial charge is 0.419 e. The zero-order valence-electron chi connectivity index (χ0n) is 15.9. The van der Waals surface area contributed by atoms with E-state index in [0.29, 0.717) is 16.8 Å². The summed E-state index contributed by atoms with van der Waals surface area (Å²) in [5, 5.41) is 1.44. The lowest BCUT2D eigenvalue weighted by Gasteiger charge is -2.14. The first kappa shape index (κ1) is 19.0. The van der Waals surface area contributed by atoms with Crippen LogP contribution < -0.4 is 20.9 Å². The van der Waals surface area contributed by atoms with E-state index < -0.39 is 11.9 Å². The smallest absolute Gasteiger partial charge is 0.345 e. The molecule has 6 heteroatoms. The second-order valence-corrected chi connectivity index (χ2v) is 6.57. The van der Waals surface area contributed by atoms with E-state index in [9.17, 15) is 9.59 Å². The second kappa shape index (κ2) is 7.97. The standard InChI is InChI=1S/C24H18N2O4/c25-19-11-5-3-9-17(19)23(27)29-21-14-13-15-7-1-2-8-16(15)22(21)30-24(28)18-10-4-6-12-20(18)26/h1-14H,25-26H2. The number of hydrogen-bond acceptors (Lipinski definition) is 6. The number of para-hydroxylation sites is 2.